The van der Waals surface area contributed by atoms with Gasteiger partial charge in [-0.2, -0.15) is 5.26 Å². The van der Waals surface area contributed by atoms with E-state index in [2.05, 4.69) is 0 Å². The highest BCUT2D eigenvalue weighted by atomic mass is 19.2. The highest BCUT2D eigenvalue weighted by Crippen LogP contribution is 2.17. The first-order valence-corrected chi connectivity index (χ1v) is 5.26. The molecule has 0 saturated carbocycles. The molecule has 0 aliphatic heterocycles. The van der Waals surface area contributed by atoms with Crippen LogP contribution in [-0.2, 0) is 6.61 Å². The highest BCUT2D eigenvalue weighted by molar-refractivity contribution is 5.33. The van der Waals surface area contributed by atoms with Gasteiger partial charge in [-0.25, -0.2) is 8.78 Å². The van der Waals surface area contributed by atoms with Crippen LogP contribution < -0.4 is 4.74 Å². The Labute approximate surface area is 103 Å². The van der Waals surface area contributed by atoms with Crippen molar-refractivity contribution >= 4 is 0 Å². The van der Waals surface area contributed by atoms with Crippen molar-refractivity contribution in [1.29, 1.82) is 5.26 Å². The van der Waals surface area contributed by atoms with E-state index in [0.717, 1.165) is 17.7 Å². The van der Waals surface area contributed by atoms with Gasteiger partial charge >= 0.3 is 0 Å². The van der Waals surface area contributed by atoms with Crippen molar-refractivity contribution in [3.8, 4) is 11.8 Å². The smallest absolute Gasteiger partial charge is 0.162 e. The second-order valence-corrected chi connectivity index (χ2v) is 3.68. The fourth-order valence-corrected chi connectivity index (χ4v) is 1.46. The lowest BCUT2D eigenvalue weighted by molar-refractivity contribution is 0.303. The first kappa shape index (κ1) is 12.1. The van der Waals surface area contributed by atoms with Crippen LogP contribution in [0.5, 0.6) is 5.75 Å². The third-order valence-electron chi connectivity index (χ3n) is 2.35. The summed E-state index contributed by atoms with van der Waals surface area (Å²) in [7, 11) is 0. The summed E-state index contributed by atoms with van der Waals surface area (Å²) >= 11 is 0. The number of nitriles is 1. The fraction of sp³-hybridized carbons (Fsp3) is 0.0714. The second-order valence-electron chi connectivity index (χ2n) is 3.68. The SMILES string of the molecule is N#Cc1cccc(COc2ccc(F)c(F)c2)c1. The van der Waals surface area contributed by atoms with Crippen molar-refractivity contribution in [1.82, 2.24) is 0 Å². The number of hydrogen-bond acceptors (Lipinski definition) is 2. The summed E-state index contributed by atoms with van der Waals surface area (Å²) in [4.78, 5) is 0. The molecule has 2 aromatic carbocycles. The Bertz CT molecular complexity index is 605. The van der Waals surface area contributed by atoms with Crippen LogP contribution in [0.25, 0.3) is 0 Å². The average molecular weight is 245 g/mol. The van der Waals surface area contributed by atoms with Crippen LogP contribution in [-0.4, -0.2) is 0 Å². The van der Waals surface area contributed by atoms with E-state index in [4.69, 9.17) is 10.00 Å². The molecule has 0 radical (unpaired) electrons. The Morgan fingerprint density at radius 2 is 1.89 bits per heavy atom. The summed E-state index contributed by atoms with van der Waals surface area (Å²) in [5, 5.41) is 8.73. The molecule has 2 nitrogen and oxygen atoms in total. The van der Waals surface area contributed by atoms with E-state index in [1.165, 1.54) is 6.07 Å². The largest absolute Gasteiger partial charge is 0.489 e. The van der Waals surface area contributed by atoms with Gasteiger partial charge in [-0.3, -0.25) is 0 Å². The minimum Gasteiger partial charge on any atom is -0.489 e. The summed E-state index contributed by atoms with van der Waals surface area (Å²) in [6.07, 6.45) is 0. The van der Waals surface area contributed by atoms with Crippen LogP contribution >= 0.6 is 0 Å². The maximum absolute atomic E-state index is 12.9. The molecular formula is C14H9F2NO. The maximum Gasteiger partial charge on any atom is 0.162 e. The molecule has 0 aliphatic rings. The van der Waals surface area contributed by atoms with Crippen molar-refractivity contribution in [2.24, 2.45) is 0 Å². The van der Waals surface area contributed by atoms with Crippen molar-refractivity contribution in [2.45, 2.75) is 6.61 Å². The normalized spacial score (nSPS) is 9.83. The third-order valence-corrected chi connectivity index (χ3v) is 2.35. The Kier molecular flexibility index (Phi) is 3.54. The Balaban J connectivity index is 2.07. The number of rotatable bonds is 3. The van der Waals surface area contributed by atoms with Crippen molar-refractivity contribution in [3.05, 3.63) is 65.2 Å². The van der Waals surface area contributed by atoms with Crippen LogP contribution in [0.3, 0.4) is 0 Å². The predicted molar refractivity (Wildman–Crippen MR) is 61.8 cm³/mol. The monoisotopic (exact) mass is 245 g/mol. The van der Waals surface area contributed by atoms with E-state index in [1.54, 1.807) is 24.3 Å². The molecule has 18 heavy (non-hydrogen) atoms. The molecular weight excluding hydrogens is 236 g/mol. The van der Waals surface area contributed by atoms with Crippen LogP contribution in [0.15, 0.2) is 42.5 Å². The van der Waals surface area contributed by atoms with E-state index in [0.29, 0.717) is 5.56 Å². The molecule has 0 saturated heterocycles. The summed E-state index contributed by atoms with van der Waals surface area (Å²) in [5.41, 5.74) is 1.32. The third kappa shape index (κ3) is 2.83. The van der Waals surface area contributed by atoms with Gasteiger partial charge in [0.15, 0.2) is 11.6 Å². The summed E-state index contributed by atoms with van der Waals surface area (Å²) in [5.74, 6) is -1.61. The minimum atomic E-state index is -0.946. The van der Waals surface area contributed by atoms with Crippen LogP contribution in [0.2, 0.25) is 0 Å². The summed E-state index contributed by atoms with van der Waals surface area (Å²) in [6.45, 7) is 0.195. The predicted octanol–water partition coefficient (Wildman–Crippen LogP) is 3.42. The molecule has 0 aromatic heterocycles. The van der Waals surface area contributed by atoms with Gasteiger partial charge in [-0.1, -0.05) is 12.1 Å². The molecule has 0 unspecified atom stereocenters. The number of benzene rings is 2. The molecule has 0 aliphatic carbocycles. The van der Waals surface area contributed by atoms with Gasteiger partial charge in [0.2, 0.25) is 0 Å². The zero-order valence-corrected chi connectivity index (χ0v) is 9.36. The molecule has 0 N–H and O–H groups in total. The molecule has 0 spiro atoms. The van der Waals surface area contributed by atoms with Crippen molar-refractivity contribution in [3.63, 3.8) is 0 Å². The van der Waals surface area contributed by atoms with Crippen LogP contribution in [0, 0.1) is 23.0 Å². The van der Waals surface area contributed by atoms with Gasteiger partial charge in [0.05, 0.1) is 11.6 Å². The average Bonchev–Trinajstić information content (AvgIpc) is 2.40. The quantitative estimate of drug-likeness (QED) is 0.830. The molecule has 0 bridgehead atoms. The maximum atomic E-state index is 12.9. The van der Waals surface area contributed by atoms with Crippen LogP contribution in [0.4, 0.5) is 8.78 Å². The zero-order valence-electron chi connectivity index (χ0n) is 9.36. The topological polar surface area (TPSA) is 33.0 Å². The van der Waals surface area contributed by atoms with Gasteiger partial charge in [0.1, 0.15) is 12.4 Å². The van der Waals surface area contributed by atoms with Gasteiger partial charge in [-0.15, -0.1) is 0 Å². The zero-order chi connectivity index (χ0) is 13.0. The molecule has 4 heteroatoms. The van der Waals surface area contributed by atoms with E-state index >= 15 is 0 Å². The van der Waals surface area contributed by atoms with Gasteiger partial charge in [0.25, 0.3) is 0 Å². The minimum absolute atomic E-state index is 0.195. The second kappa shape index (κ2) is 5.28. The van der Waals surface area contributed by atoms with E-state index in [-0.39, 0.29) is 12.4 Å². The first-order valence-electron chi connectivity index (χ1n) is 5.26. The van der Waals surface area contributed by atoms with Gasteiger partial charge in [-0.05, 0) is 29.8 Å². The standard InChI is InChI=1S/C14H9F2NO/c15-13-5-4-12(7-14(13)16)18-9-11-3-1-2-10(6-11)8-17/h1-7H,9H2. The fourth-order valence-electron chi connectivity index (χ4n) is 1.46. The Morgan fingerprint density at radius 1 is 1.06 bits per heavy atom. The first-order chi connectivity index (χ1) is 8.69. The molecule has 90 valence electrons. The summed E-state index contributed by atoms with van der Waals surface area (Å²) < 4.78 is 30.9. The number of ether oxygens (including phenoxy) is 1. The van der Waals surface area contributed by atoms with E-state index in [1.807, 2.05) is 6.07 Å². The number of halogens is 2. The van der Waals surface area contributed by atoms with Crippen molar-refractivity contribution in [2.75, 3.05) is 0 Å². The lowest BCUT2D eigenvalue weighted by Crippen LogP contribution is -1.96. The molecule has 0 atom stereocenters. The van der Waals surface area contributed by atoms with E-state index in [9.17, 15) is 8.78 Å². The molecule has 0 heterocycles. The van der Waals surface area contributed by atoms with Crippen LogP contribution in [0.1, 0.15) is 11.1 Å². The summed E-state index contributed by atoms with van der Waals surface area (Å²) in [6, 6.07) is 12.3. The number of hydrogen-bond donors (Lipinski definition) is 0. The Hall–Kier alpha value is -2.41. The number of nitrogens with zero attached hydrogens (tertiary/aromatic N) is 1. The van der Waals surface area contributed by atoms with Gasteiger partial charge in [0, 0.05) is 6.07 Å². The molecule has 0 amide bonds. The lowest BCUT2D eigenvalue weighted by Gasteiger charge is -2.06. The molecule has 0 fully saturated rings. The highest BCUT2D eigenvalue weighted by Gasteiger charge is 2.03. The Morgan fingerprint density at radius 3 is 2.61 bits per heavy atom. The van der Waals surface area contributed by atoms with E-state index < -0.39 is 11.6 Å². The lowest BCUT2D eigenvalue weighted by atomic mass is 10.1. The van der Waals surface area contributed by atoms with Gasteiger partial charge < -0.3 is 4.74 Å². The van der Waals surface area contributed by atoms with Crippen molar-refractivity contribution < 1.29 is 13.5 Å². The molecule has 2 aromatic rings. The molecule has 2 rings (SSSR count).